The lowest BCUT2D eigenvalue weighted by atomic mass is 10.0. The summed E-state index contributed by atoms with van der Waals surface area (Å²) >= 11 is 0. The molecule has 1 N–H and O–H groups in total. The lowest BCUT2D eigenvalue weighted by molar-refractivity contribution is -0.137. The van der Waals surface area contributed by atoms with Crippen molar-refractivity contribution in [3.05, 3.63) is 54.6 Å². The van der Waals surface area contributed by atoms with E-state index in [-0.39, 0.29) is 12.5 Å². The van der Waals surface area contributed by atoms with E-state index in [4.69, 9.17) is 9.94 Å². The van der Waals surface area contributed by atoms with E-state index in [1.807, 2.05) is 29.0 Å². The molecule has 2 aromatic rings. The molecule has 0 aliphatic rings. The van der Waals surface area contributed by atoms with Crippen molar-refractivity contribution in [3.8, 4) is 0 Å². The van der Waals surface area contributed by atoms with E-state index < -0.39 is 5.97 Å². The molecule has 0 saturated heterocycles. The van der Waals surface area contributed by atoms with Crippen molar-refractivity contribution >= 4 is 11.7 Å². The van der Waals surface area contributed by atoms with Gasteiger partial charge in [-0.1, -0.05) is 42.4 Å². The molecule has 134 valence electrons. The number of carbonyl (C=O) groups is 1. The predicted molar refractivity (Wildman–Crippen MR) is 96.6 cm³/mol. The number of benzene rings is 1. The molecule has 1 aromatic heterocycles. The van der Waals surface area contributed by atoms with Crippen LogP contribution in [0, 0.1) is 0 Å². The van der Waals surface area contributed by atoms with Gasteiger partial charge >= 0.3 is 5.97 Å². The summed E-state index contributed by atoms with van der Waals surface area (Å²) in [6.45, 7) is 2.49. The molecule has 6 heteroatoms. The van der Waals surface area contributed by atoms with Crippen LogP contribution >= 0.6 is 0 Å². The normalized spacial score (nSPS) is 12.8. The summed E-state index contributed by atoms with van der Waals surface area (Å²) in [4.78, 5) is 20.1. The zero-order valence-corrected chi connectivity index (χ0v) is 14.5. The molecular formula is C19H25N3O3. The first-order chi connectivity index (χ1) is 12.2. The second-order valence-electron chi connectivity index (χ2n) is 5.84. The van der Waals surface area contributed by atoms with Crippen molar-refractivity contribution in [2.75, 3.05) is 6.61 Å². The van der Waals surface area contributed by atoms with E-state index in [0.717, 1.165) is 18.6 Å². The Hall–Kier alpha value is -2.63. The zero-order chi connectivity index (χ0) is 17.9. The highest BCUT2D eigenvalue weighted by Crippen LogP contribution is 2.18. The largest absolute Gasteiger partial charge is 0.481 e. The maximum atomic E-state index is 10.5. The van der Waals surface area contributed by atoms with Crippen molar-refractivity contribution in [2.24, 2.45) is 5.16 Å². The Kier molecular flexibility index (Phi) is 7.69. The van der Waals surface area contributed by atoms with E-state index >= 15 is 0 Å². The molecule has 2 rings (SSSR count). The minimum absolute atomic E-state index is 0.0499. The van der Waals surface area contributed by atoms with Crippen LogP contribution in [0.5, 0.6) is 0 Å². The van der Waals surface area contributed by atoms with Crippen LogP contribution in [0.2, 0.25) is 0 Å². The summed E-state index contributed by atoms with van der Waals surface area (Å²) in [5.74, 6) is -0.777. The highest BCUT2D eigenvalue weighted by Gasteiger charge is 2.18. The Balaban J connectivity index is 2.00. The van der Waals surface area contributed by atoms with Gasteiger partial charge in [0.05, 0.1) is 18.1 Å². The fraction of sp³-hybridized carbons (Fsp3) is 0.421. The number of carboxylic acid groups (broad SMARTS) is 1. The molecule has 1 atom stereocenters. The maximum absolute atomic E-state index is 10.5. The van der Waals surface area contributed by atoms with Crippen LogP contribution in [0.15, 0.2) is 54.2 Å². The molecular weight excluding hydrogens is 318 g/mol. The number of hydrogen-bond donors (Lipinski definition) is 1. The van der Waals surface area contributed by atoms with Crippen molar-refractivity contribution in [1.29, 1.82) is 0 Å². The quantitative estimate of drug-likeness (QED) is 0.383. The summed E-state index contributed by atoms with van der Waals surface area (Å²) in [5, 5.41) is 13.0. The number of carboxylic acids is 1. The predicted octanol–water partition coefficient (Wildman–Crippen LogP) is 3.70. The van der Waals surface area contributed by atoms with E-state index in [9.17, 15) is 4.79 Å². The van der Waals surface area contributed by atoms with Gasteiger partial charge in [-0.3, -0.25) is 4.79 Å². The van der Waals surface area contributed by atoms with E-state index in [1.54, 1.807) is 12.5 Å². The third-order valence-electron chi connectivity index (χ3n) is 3.96. The first kappa shape index (κ1) is 18.7. The summed E-state index contributed by atoms with van der Waals surface area (Å²) < 4.78 is 2.04. The van der Waals surface area contributed by atoms with Crippen molar-refractivity contribution in [1.82, 2.24) is 9.55 Å². The van der Waals surface area contributed by atoms with Gasteiger partial charge in [-0.2, -0.15) is 0 Å². The Morgan fingerprint density at radius 3 is 2.76 bits per heavy atom. The van der Waals surface area contributed by atoms with Crippen LogP contribution < -0.4 is 0 Å². The van der Waals surface area contributed by atoms with E-state index in [0.29, 0.717) is 19.4 Å². The lowest BCUT2D eigenvalue weighted by Gasteiger charge is -2.20. The van der Waals surface area contributed by atoms with Crippen LogP contribution in [0.4, 0.5) is 0 Å². The third kappa shape index (κ3) is 6.41. The molecule has 0 radical (unpaired) electrons. The minimum atomic E-state index is -0.777. The third-order valence-corrected chi connectivity index (χ3v) is 3.96. The van der Waals surface area contributed by atoms with Crippen LogP contribution in [-0.4, -0.2) is 32.9 Å². The smallest absolute Gasteiger partial charge is 0.303 e. The van der Waals surface area contributed by atoms with Gasteiger partial charge in [0.25, 0.3) is 0 Å². The molecule has 25 heavy (non-hydrogen) atoms. The van der Waals surface area contributed by atoms with Gasteiger partial charge in [-0.05, 0) is 31.2 Å². The number of unbranched alkanes of at least 4 members (excludes halogenated alkanes) is 1. The number of nitrogens with zero attached hydrogens (tertiary/aromatic N) is 3. The summed E-state index contributed by atoms with van der Waals surface area (Å²) in [5.41, 5.74) is 2.17. The number of rotatable bonds is 11. The summed E-state index contributed by atoms with van der Waals surface area (Å²) in [6.07, 6.45) is 8.52. The Morgan fingerprint density at radius 1 is 1.32 bits per heavy atom. The lowest BCUT2D eigenvalue weighted by Crippen LogP contribution is -2.21. The number of hydrogen-bond acceptors (Lipinski definition) is 4. The second kappa shape index (κ2) is 10.3. The molecule has 0 aliphatic heterocycles. The average Bonchev–Trinajstić information content (AvgIpc) is 3.15. The van der Waals surface area contributed by atoms with Gasteiger partial charge in [0.1, 0.15) is 6.61 Å². The first-order valence-corrected chi connectivity index (χ1v) is 8.62. The molecule has 6 nitrogen and oxygen atoms in total. The van der Waals surface area contributed by atoms with Crippen molar-refractivity contribution in [3.63, 3.8) is 0 Å². The van der Waals surface area contributed by atoms with E-state index in [1.165, 1.54) is 5.56 Å². The molecule has 0 spiro atoms. The molecule has 0 fully saturated rings. The minimum Gasteiger partial charge on any atom is -0.481 e. The molecule has 0 saturated carbocycles. The SMILES string of the molecule is CC/C(=N\OCCCCC(=O)O)C(Cc1ccccc1)n1ccnc1. The Labute approximate surface area is 148 Å². The standard InChI is InChI=1S/C19H25N3O3/c1-2-17(21-25-13-7-6-10-19(23)24)18(22-12-11-20-15-22)14-16-8-4-3-5-9-16/h3-5,8-9,11-12,15,18H,2,6-7,10,13-14H2,1H3,(H,23,24)/b21-17+. The van der Waals surface area contributed by atoms with Crippen LogP contribution in [0.3, 0.4) is 0 Å². The number of oxime groups is 1. The van der Waals surface area contributed by atoms with Gasteiger partial charge in [-0.25, -0.2) is 4.98 Å². The number of aromatic nitrogens is 2. The summed E-state index contributed by atoms with van der Waals surface area (Å²) in [6, 6.07) is 10.3. The second-order valence-corrected chi connectivity index (χ2v) is 5.84. The zero-order valence-electron chi connectivity index (χ0n) is 14.5. The molecule has 0 bridgehead atoms. The molecule has 1 unspecified atom stereocenters. The van der Waals surface area contributed by atoms with Gasteiger partial charge in [0, 0.05) is 18.8 Å². The monoisotopic (exact) mass is 343 g/mol. The van der Waals surface area contributed by atoms with Crippen LogP contribution in [0.25, 0.3) is 0 Å². The topological polar surface area (TPSA) is 76.7 Å². The van der Waals surface area contributed by atoms with Crippen molar-refractivity contribution < 1.29 is 14.7 Å². The van der Waals surface area contributed by atoms with Crippen molar-refractivity contribution in [2.45, 2.75) is 45.1 Å². The first-order valence-electron chi connectivity index (χ1n) is 8.62. The van der Waals surface area contributed by atoms with Gasteiger partial charge < -0.3 is 14.5 Å². The van der Waals surface area contributed by atoms with Crippen LogP contribution in [0.1, 0.15) is 44.2 Å². The molecule has 0 aliphatic carbocycles. The van der Waals surface area contributed by atoms with Gasteiger partial charge in [-0.15, -0.1) is 0 Å². The fourth-order valence-electron chi connectivity index (χ4n) is 2.62. The van der Waals surface area contributed by atoms with Crippen LogP contribution in [-0.2, 0) is 16.1 Å². The number of aliphatic carboxylic acids is 1. The maximum Gasteiger partial charge on any atom is 0.303 e. The molecule has 0 amide bonds. The fourth-order valence-corrected chi connectivity index (χ4v) is 2.62. The highest BCUT2D eigenvalue weighted by molar-refractivity contribution is 5.87. The number of imidazole rings is 1. The summed E-state index contributed by atoms with van der Waals surface area (Å²) in [7, 11) is 0. The highest BCUT2D eigenvalue weighted by atomic mass is 16.6. The Bertz CT molecular complexity index is 654. The average molecular weight is 343 g/mol. The molecule has 1 heterocycles. The van der Waals surface area contributed by atoms with Gasteiger partial charge in [0.2, 0.25) is 0 Å². The van der Waals surface area contributed by atoms with E-state index in [2.05, 4.69) is 29.2 Å². The Morgan fingerprint density at radius 2 is 2.12 bits per heavy atom. The van der Waals surface area contributed by atoms with Gasteiger partial charge in [0.15, 0.2) is 0 Å². The molecule has 1 aromatic carbocycles.